The summed E-state index contributed by atoms with van der Waals surface area (Å²) in [6.07, 6.45) is 4.86. The number of nitrogens with zero attached hydrogens (tertiary/aromatic N) is 3. The number of ether oxygens (including phenoxy) is 1. The number of anilines is 4. The predicted octanol–water partition coefficient (Wildman–Crippen LogP) is 3.80. The van der Waals surface area contributed by atoms with Crippen LogP contribution >= 0.6 is 0 Å². The Balaban J connectivity index is 1.21. The molecule has 1 atom stereocenters. The molecule has 2 aliphatic heterocycles. The summed E-state index contributed by atoms with van der Waals surface area (Å²) in [6, 6.07) is 17.8. The van der Waals surface area contributed by atoms with Gasteiger partial charge in [0.25, 0.3) is 0 Å². The van der Waals surface area contributed by atoms with Crippen molar-refractivity contribution in [3.8, 4) is 11.3 Å². The van der Waals surface area contributed by atoms with Gasteiger partial charge in [-0.15, -0.1) is 0 Å². The van der Waals surface area contributed by atoms with E-state index >= 15 is 0 Å². The number of rotatable bonds is 6. The number of morpholine rings is 1. The minimum atomic E-state index is -0.105. The van der Waals surface area contributed by atoms with E-state index in [4.69, 9.17) is 4.74 Å². The van der Waals surface area contributed by atoms with Gasteiger partial charge in [0.05, 0.1) is 24.9 Å². The first-order valence-electron chi connectivity index (χ1n) is 11.9. The topological polar surface area (TPSA) is 91.4 Å². The number of hydrogen-bond donors (Lipinski definition) is 3. The number of benzene rings is 2. The molecule has 0 aliphatic carbocycles. The van der Waals surface area contributed by atoms with Crippen molar-refractivity contribution in [2.45, 2.75) is 25.3 Å². The van der Waals surface area contributed by atoms with E-state index < -0.39 is 0 Å². The number of hydrogen-bond acceptors (Lipinski definition) is 7. The average molecular weight is 459 g/mol. The summed E-state index contributed by atoms with van der Waals surface area (Å²) in [4.78, 5) is 23.8. The highest BCUT2D eigenvalue weighted by Gasteiger charge is 2.20. The Hall–Kier alpha value is -3.49. The molecule has 2 aromatic carbocycles. The van der Waals surface area contributed by atoms with Crippen LogP contribution in [0.25, 0.3) is 11.3 Å². The van der Waals surface area contributed by atoms with Crippen molar-refractivity contribution in [1.29, 1.82) is 0 Å². The molecular weight excluding hydrogens is 428 g/mol. The SMILES string of the molecule is O=C(Nc1ccc(-c2ccnc(Nc3ccc(N4CCOCC4)cc3)n2)cc1)C1CCCCN1. The zero-order valence-corrected chi connectivity index (χ0v) is 19.2. The van der Waals surface area contributed by atoms with Gasteiger partial charge in [-0.3, -0.25) is 4.79 Å². The van der Waals surface area contributed by atoms with Gasteiger partial charge in [0.15, 0.2) is 0 Å². The van der Waals surface area contributed by atoms with Gasteiger partial charge in [-0.25, -0.2) is 9.97 Å². The lowest BCUT2D eigenvalue weighted by molar-refractivity contribution is -0.118. The third kappa shape index (κ3) is 5.52. The van der Waals surface area contributed by atoms with Crippen LogP contribution in [0.2, 0.25) is 0 Å². The second kappa shape index (κ2) is 10.6. The highest BCUT2D eigenvalue weighted by molar-refractivity contribution is 5.95. The Morgan fingerprint density at radius 1 is 0.971 bits per heavy atom. The van der Waals surface area contributed by atoms with Crippen LogP contribution in [0.4, 0.5) is 23.0 Å². The molecule has 0 bridgehead atoms. The zero-order valence-electron chi connectivity index (χ0n) is 19.2. The van der Waals surface area contributed by atoms with Crippen molar-refractivity contribution in [3.05, 3.63) is 60.8 Å². The second-order valence-corrected chi connectivity index (χ2v) is 8.61. The van der Waals surface area contributed by atoms with Crippen molar-refractivity contribution in [2.24, 2.45) is 0 Å². The number of amides is 1. The van der Waals surface area contributed by atoms with Crippen LogP contribution in [-0.4, -0.2) is 54.8 Å². The molecule has 2 saturated heterocycles. The number of aromatic nitrogens is 2. The van der Waals surface area contributed by atoms with Crippen LogP contribution in [-0.2, 0) is 9.53 Å². The van der Waals surface area contributed by atoms with Crippen molar-refractivity contribution in [2.75, 3.05) is 48.4 Å². The smallest absolute Gasteiger partial charge is 0.241 e. The largest absolute Gasteiger partial charge is 0.378 e. The molecule has 0 saturated carbocycles. The van der Waals surface area contributed by atoms with E-state index in [9.17, 15) is 4.79 Å². The molecule has 176 valence electrons. The Kier molecular flexibility index (Phi) is 6.97. The molecule has 0 spiro atoms. The maximum atomic E-state index is 12.4. The summed E-state index contributed by atoms with van der Waals surface area (Å²) in [5, 5.41) is 9.57. The Labute approximate surface area is 199 Å². The molecule has 1 aromatic heterocycles. The van der Waals surface area contributed by atoms with E-state index in [1.807, 2.05) is 42.5 Å². The number of piperidine rings is 1. The summed E-state index contributed by atoms with van der Waals surface area (Å²) >= 11 is 0. The highest BCUT2D eigenvalue weighted by Crippen LogP contribution is 2.24. The predicted molar refractivity (Wildman–Crippen MR) is 134 cm³/mol. The minimum Gasteiger partial charge on any atom is -0.378 e. The van der Waals surface area contributed by atoms with Crippen LogP contribution in [0.3, 0.4) is 0 Å². The van der Waals surface area contributed by atoms with Gasteiger partial charge in [-0.1, -0.05) is 18.6 Å². The molecule has 3 N–H and O–H groups in total. The molecule has 3 aromatic rings. The standard InChI is InChI=1S/C26H30N6O2/c33-25(24-3-1-2-13-27-24)29-20-6-4-19(5-7-20)23-12-14-28-26(31-23)30-21-8-10-22(11-9-21)32-15-17-34-18-16-32/h4-12,14,24,27H,1-3,13,15-18H2,(H,29,33)(H,28,30,31). The van der Waals surface area contributed by atoms with Crippen molar-refractivity contribution < 1.29 is 9.53 Å². The van der Waals surface area contributed by atoms with E-state index in [-0.39, 0.29) is 11.9 Å². The normalized spacial score (nSPS) is 18.4. The minimum absolute atomic E-state index is 0.0283. The summed E-state index contributed by atoms with van der Waals surface area (Å²) in [5.41, 5.74) is 4.68. The van der Waals surface area contributed by atoms with E-state index in [1.165, 1.54) is 5.69 Å². The molecule has 1 amide bonds. The first-order chi connectivity index (χ1) is 16.7. The summed E-state index contributed by atoms with van der Waals surface area (Å²) in [5.74, 6) is 0.568. The van der Waals surface area contributed by atoms with Gasteiger partial charge in [-0.2, -0.15) is 0 Å². The second-order valence-electron chi connectivity index (χ2n) is 8.61. The summed E-state index contributed by atoms with van der Waals surface area (Å²) in [7, 11) is 0. The fourth-order valence-corrected chi connectivity index (χ4v) is 4.32. The summed E-state index contributed by atoms with van der Waals surface area (Å²) in [6.45, 7) is 4.27. The fourth-order valence-electron chi connectivity index (χ4n) is 4.32. The van der Waals surface area contributed by atoms with E-state index in [1.54, 1.807) is 6.20 Å². The molecule has 5 rings (SSSR count). The van der Waals surface area contributed by atoms with Crippen LogP contribution in [0, 0.1) is 0 Å². The molecule has 0 radical (unpaired) electrons. The van der Waals surface area contributed by atoms with Crippen LogP contribution in [0.5, 0.6) is 0 Å². The Morgan fingerprint density at radius 2 is 1.74 bits per heavy atom. The monoisotopic (exact) mass is 458 g/mol. The van der Waals surface area contributed by atoms with Crippen LogP contribution in [0.15, 0.2) is 60.8 Å². The molecule has 2 fully saturated rings. The van der Waals surface area contributed by atoms with Gasteiger partial charge < -0.3 is 25.6 Å². The molecule has 3 heterocycles. The number of nitrogens with one attached hydrogen (secondary N) is 3. The molecule has 34 heavy (non-hydrogen) atoms. The van der Waals surface area contributed by atoms with Gasteiger partial charge in [-0.05, 0) is 61.9 Å². The van der Waals surface area contributed by atoms with E-state index in [2.05, 4.69) is 43.0 Å². The maximum absolute atomic E-state index is 12.4. The zero-order chi connectivity index (χ0) is 23.2. The Morgan fingerprint density at radius 3 is 2.47 bits per heavy atom. The highest BCUT2D eigenvalue weighted by atomic mass is 16.5. The number of carbonyl (C=O) groups excluding carboxylic acids is 1. The first-order valence-corrected chi connectivity index (χ1v) is 11.9. The van der Waals surface area contributed by atoms with Gasteiger partial charge >= 0.3 is 0 Å². The van der Waals surface area contributed by atoms with E-state index in [0.29, 0.717) is 5.95 Å². The third-order valence-corrected chi connectivity index (χ3v) is 6.23. The van der Waals surface area contributed by atoms with Crippen LogP contribution in [0.1, 0.15) is 19.3 Å². The maximum Gasteiger partial charge on any atom is 0.241 e. The Bertz CT molecular complexity index is 1090. The van der Waals surface area contributed by atoms with Crippen LogP contribution < -0.4 is 20.9 Å². The first kappa shape index (κ1) is 22.3. The van der Waals surface area contributed by atoms with Crippen molar-refractivity contribution in [3.63, 3.8) is 0 Å². The third-order valence-electron chi connectivity index (χ3n) is 6.23. The average Bonchev–Trinajstić information content (AvgIpc) is 2.91. The lowest BCUT2D eigenvalue weighted by Crippen LogP contribution is -2.43. The lowest BCUT2D eigenvalue weighted by Gasteiger charge is -2.28. The molecule has 1 unspecified atom stereocenters. The molecule has 2 aliphatic rings. The summed E-state index contributed by atoms with van der Waals surface area (Å²) < 4.78 is 5.43. The molecular formula is C26H30N6O2. The van der Waals surface area contributed by atoms with Gasteiger partial charge in [0.1, 0.15) is 0 Å². The lowest BCUT2D eigenvalue weighted by atomic mass is 10.0. The fraction of sp³-hybridized carbons (Fsp3) is 0.346. The molecule has 8 nitrogen and oxygen atoms in total. The number of carbonyl (C=O) groups is 1. The van der Waals surface area contributed by atoms with E-state index in [0.717, 1.165) is 74.7 Å². The quantitative estimate of drug-likeness (QED) is 0.517. The van der Waals surface area contributed by atoms with Crippen molar-refractivity contribution in [1.82, 2.24) is 15.3 Å². The van der Waals surface area contributed by atoms with Crippen molar-refractivity contribution >= 4 is 28.9 Å². The van der Waals surface area contributed by atoms with Gasteiger partial charge in [0.2, 0.25) is 11.9 Å². The van der Waals surface area contributed by atoms with Gasteiger partial charge in [0, 0.05) is 41.9 Å². The molecule has 8 heteroatoms.